The monoisotopic (exact) mass is 515 g/mol. The molecule has 9 nitrogen and oxygen atoms in total. The van der Waals surface area contributed by atoms with Gasteiger partial charge >= 0.3 is 12.1 Å². The maximum Gasteiger partial charge on any atom is 0.451 e. The molecule has 0 aliphatic rings. The summed E-state index contributed by atoms with van der Waals surface area (Å²) in [6, 6.07) is 3.15. The maximum atomic E-state index is 12.8. The van der Waals surface area contributed by atoms with Crippen LogP contribution in [0.4, 0.5) is 13.2 Å². The molecule has 0 aromatic heterocycles. The van der Waals surface area contributed by atoms with E-state index in [0.717, 1.165) is 0 Å². The zero-order valence-corrected chi connectivity index (χ0v) is 20.6. The molecule has 0 fully saturated rings. The molecule has 0 bridgehead atoms. The Morgan fingerprint density at radius 1 is 0.861 bits per heavy atom. The molecule has 0 saturated carbocycles. The first-order chi connectivity index (χ1) is 16.6. The van der Waals surface area contributed by atoms with Crippen LogP contribution in [0.1, 0.15) is 61.3 Å². The van der Waals surface area contributed by atoms with E-state index in [1.54, 1.807) is 13.8 Å². The van der Waals surface area contributed by atoms with Crippen molar-refractivity contribution in [3.63, 3.8) is 0 Å². The average Bonchev–Trinajstić information content (AvgIpc) is 2.79. The molecule has 2 amide bonds. The lowest BCUT2D eigenvalue weighted by Gasteiger charge is -2.23. The van der Waals surface area contributed by atoms with Gasteiger partial charge in [0.2, 0.25) is 0 Å². The van der Waals surface area contributed by atoms with Crippen molar-refractivity contribution in [2.45, 2.75) is 58.8 Å². The lowest BCUT2D eigenvalue weighted by Crippen LogP contribution is -2.48. The zero-order valence-electron chi connectivity index (χ0n) is 20.6. The van der Waals surface area contributed by atoms with Crippen molar-refractivity contribution in [2.24, 2.45) is 11.8 Å². The molecule has 4 N–H and O–H groups in total. The van der Waals surface area contributed by atoms with E-state index in [9.17, 15) is 37.1 Å². The Bertz CT molecular complexity index is 945. The summed E-state index contributed by atoms with van der Waals surface area (Å²) >= 11 is 0. The van der Waals surface area contributed by atoms with Crippen LogP contribution in [0.25, 0.3) is 0 Å². The van der Waals surface area contributed by atoms with E-state index in [-0.39, 0.29) is 42.2 Å². The van der Waals surface area contributed by atoms with Crippen molar-refractivity contribution < 1.29 is 42.3 Å². The smallest absolute Gasteiger partial charge is 0.451 e. The predicted octanol–water partition coefficient (Wildman–Crippen LogP) is 2.35. The van der Waals surface area contributed by atoms with Gasteiger partial charge in [-0.2, -0.15) is 13.2 Å². The van der Waals surface area contributed by atoms with Crippen molar-refractivity contribution in [1.82, 2.24) is 16.0 Å². The Labute approximate surface area is 207 Å². The van der Waals surface area contributed by atoms with Gasteiger partial charge in [0.1, 0.15) is 6.54 Å². The molecule has 2 atom stereocenters. The molecular weight excluding hydrogens is 483 g/mol. The van der Waals surface area contributed by atoms with Crippen LogP contribution in [-0.2, 0) is 14.4 Å². The van der Waals surface area contributed by atoms with E-state index in [1.807, 2.05) is 0 Å². The van der Waals surface area contributed by atoms with Gasteiger partial charge in [-0.15, -0.1) is 0 Å². The molecule has 1 aromatic carbocycles. The Hall–Kier alpha value is -3.28. The molecule has 1 rings (SSSR count). The van der Waals surface area contributed by atoms with Crippen molar-refractivity contribution in [3.8, 4) is 0 Å². The maximum absolute atomic E-state index is 12.8. The standard InChI is InChI=1S/C24H32F3N3O6/c1-13(2)19(17(31)6-5-11-28-20(14(3)4)21(34)24(25,26)27)30-23(36)16-9-7-15(8-10-16)22(35)29-12-18(32)33/h7-10,13-14,19-20,28H,5-6,11-12H2,1-4H3,(H,29,35)(H,30,36)(H,32,33)/t19-,20?/m0/s1. The molecule has 1 unspecified atom stereocenters. The highest BCUT2D eigenvalue weighted by molar-refractivity contribution is 6.00. The number of nitrogens with one attached hydrogen (secondary N) is 3. The van der Waals surface area contributed by atoms with Crippen LogP contribution in [0.15, 0.2) is 24.3 Å². The summed E-state index contributed by atoms with van der Waals surface area (Å²) in [7, 11) is 0. The van der Waals surface area contributed by atoms with E-state index < -0.39 is 54.3 Å². The molecule has 0 radical (unpaired) electrons. The number of Topliss-reactive ketones (excluding diaryl/α,β-unsaturated/α-hetero) is 2. The van der Waals surface area contributed by atoms with Gasteiger partial charge in [-0.3, -0.25) is 24.0 Å². The number of benzene rings is 1. The van der Waals surface area contributed by atoms with Gasteiger partial charge in [0, 0.05) is 17.5 Å². The highest BCUT2D eigenvalue weighted by atomic mass is 19.4. The Balaban J connectivity index is 2.69. The van der Waals surface area contributed by atoms with Gasteiger partial charge in [0.05, 0.1) is 12.1 Å². The molecule has 12 heteroatoms. The molecule has 0 aliphatic heterocycles. The second kappa shape index (κ2) is 13.7. The van der Waals surface area contributed by atoms with E-state index in [4.69, 9.17) is 5.11 Å². The summed E-state index contributed by atoms with van der Waals surface area (Å²) in [6.45, 7) is 5.91. The summed E-state index contributed by atoms with van der Waals surface area (Å²) in [6.07, 6.45) is -4.80. The third kappa shape index (κ3) is 9.76. The quantitative estimate of drug-likeness (QED) is 0.279. The summed E-state index contributed by atoms with van der Waals surface area (Å²) in [5.74, 6) is -5.42. The van der Waals surface area contributed by atoms with Crippen LogP contribution in [0.3, 0.4) is 0 Å². The van der Waals surface area contributed by atoms with E-state index in [2.05, 4.69) is 16.0 Å². The lowest BCUT2D eigenvalue weighted by molar-refractivity contribution is -0.174. The highest BCUT2D eigenvalue weighted by Crippen LogP contribution is 2.21. The summed E-state index contributed by atoms with van der Waals surface area (Å²) in [5.41, 5.74) is 0.329. The number of halogens is 3. The van der Waals surface area contributed by atoms with Gasteiger partial charge in [0.15, 0.2) is 5.78 Å². The normalized spacial score (nSPS) is 13.2. The van der Waals surface area contributed by atoms with E-state index in [0.29, 0.717) is 0 Å². The zero-order chi connectivity index (χ0) is 27.6. The van der Waals surface area contributed by atoms with Gasteiger partial charge in [-0.25, -0.2) is 0 Å². The number of aliphatic carboxylic acids is 1. The predicted molar refractivity (Wildman–Crippen MR) is 124 cm³/mol. The van der Waals surface area contributed by atoms with Gasteiger partial charge in [-0.1, -0.05) is 27.7 Å². The fraction of sp³-hybridized carbons (Fsp3) is 0.542. The number of rotatable bonds is 14. The van der Waals surface area contributed by atoms with Gasteiger partial charge < -0.3 is 21.1 Å². The number of carbonyl (C=O) groups excluding carboxylic acids is 4. The SMILES string of the molecule is CC(C)C(NCCCC(=O)[C@@H](NC(=O)c1ccc(C(=O)NCC(=O)O)cc1)C(C)C)C(=O)C(F)(F)F. The summed E-state index contributed by atoms with van der Waals surface area (Å²) in [4.78, 5) is 59.3. The number of alkyl halides is 3. The number of hydrogen-bond acceptors (Lipinski definition) is 6. The largest absolute Gasteiger partial charge is 0.480 e. The third-order valence-corrected chi connectivity index (χ3v) is 5.30. The number of carbonyl (C=O) groups is 5. The van der Waals surface area contributed by atoms with Crippen LogP contribution in [0.5, 0.6) is 0 Å². The van der Waals surface area contributed by atoms with Gasteiger partial charge in [-0.05, 0) is 49.1 Å². The Morgan fingerprint density at radius 2 is 1.36 bits per heavy atom. The van der Waals surface area contributed by atoms with Gasteiger partial charge in [0.25, 0.3) is 17.6 Å². The number of carboxylic acid groups (broad SMARTS) is 1. The van der Waals surface area contributed by atoms with Crippen LogP contribution in [-0.4, -0.2) is 65.8 Å². The molecule has 0 saturated heterocycles. The van der Waals surface area contributed by atoms with Crippen molar-refractivity contribution >= 4 is 29.4 Å². The number of hydrogen-bond donors (Lipinski definition) is 4. The van der Waals surface area contributed by atoms with Crippen molar-refractivity contribution in [2.75, 3.05) is 13.1 Å². The summed E-state index contributed by atoms with van der Waals surface area (Å²) < 4.78 is 38.3. The topological polar surface area (TPSA) is 142 Å². The number of ketones is 2. The van der Waals surface area contributed by atoms with E-state index in [1.165, 1.54) is 38.1 Å². The van der Waals surface area contributed by atoms with Crippen molar-refractivity contribution in [3.05, 3.63) is 35.4 Å². The van der Waals surface area contributed by atoms with Crippen LogP contribution in [0, 0.1) is 11.8 Å². The molecule has 200 valence electrons. The Kier molecular flexibility index (Phi) is 11.7. The molecular formula is C24H32F3N3O6. The highest BCUT2D eigenvalue weighted by Gasteiger charge is 2.44. The Morgan fingerprint density at radius 3 is 1.81 bits per heavy atom. The number of amides is 2. The van der Waals surface area contributed by atoms with Crippen LogP contribution in [0.2, 0.25) is 0 Å². The fourth-order valence-corrected chi connectivity index (χ4v) is 3.36. The second-order valence-corrected chi connectivity index (χ2v) is 8.96. The van der Waals surface area contributed by atoms with E-state index >= 15 is 0 Å². The minimum atomic E-state index is -4.95. The van der Waals surface area contributed by atoms with Crippen LogP contribution >= 0.6 is 0 Å². The first kappa shape index (κ1) is 30.8. The minimum absolute atomic E-state index is 0.0145. The third-order valence-electron chi connectivity index (χ3n) is 5.30. The number of carboxylic acids is 1. The fourth-order valence-electron chi connectivity index (χ4n) is 3.36. The molecule has 0 spiro atoms. The van der Waals surface area contributed by atoms with Crippen molar-refractivity contribution in [1.29, 1.82) is 0 Å². The molecule has 1 aromatic rings. The molecule has 0 aliphatic carbocycles. The molecule has 36 heavy (non-hydrogen) atoms. The summed E-state index contributed by atoms with van der Waals surface area (Å²) in [5, 5.41) is 16.0. The first-order valence-corrected chi connectivity index (χ1v) is 11.4. The molecule has 0 heterocycles. The first-order valence-electron chi connectivity index (χ1n) is 11.4. The average molecular weight is 516 g/mol. The minimum Gasteiger partial charge on any atom is -0.480 e. The second-order valence-electron chi connectivity index (χ2n) is 8.96. The van der Waals surface area contributed by atoms with Crippen LogP contribution < -0.4 is 16.0 Å². The lowest BCUT2D eigenvalue weighted by atomic mass is 9.95.